The van der Waals surface area contributed by atoms with Crippen LogP contribution in [0.2, 0.25) is 5.02 Å². The summed E-state index contributed by atoms with van der Waals surface area (Å²) in [6, 6.07) is 18.1. The predicted molar refractivity (Wildman–Crippen MR) is 126 cm³/mol. The van der Waals surface area contributed by atoms with Crippen molar-refractivity contribution >= 4 is 55.6 Å². The van der Waals surface area contributed by atoms with Crippen molar-refractivity contribution in [3.63, 3.8) is 0 Å². The number of benzene rings is 3. The van der Waals surface area contributed by atoms with Gasteiger partial charge >= 0.3 is 0 Å². The van der Waals surface area contributed by atoms with Crippen molar-refractivity contribution in [1.82, 2.24) is 5.43 Å². The lowest BCUT2D eigenvalue weighted by Crippen LogP contribution is -2.17. The second kappa shape index (κ2) is 10.6. The highest BCUT2D eigenvalue weighted by Gasteiger charge is 2.12. The summed E-state index contributed by atoms with van der Waals surface area (Å²) in [5.41, 5.74) is 4.61. The lowest BCUT2D eigenvalue weighted by atomic mass is 10.2. The zero-order valence-corrected chi connectivity index (χ0v) is 19.8. The van der Waals surface area contributed by atoms with E-state index in [0.717, 1.165) is 15.6 Å². The third kappa shape index (κ3) is 5.84. The van der Waals surface area contributed by atoms with Gasteiger partial charge in [0.05, 0.1) is 17.8 Å². The summed E-state index contributed by atoms with van der Waals surface area (Å²) in [5.74, 6) is 0.773. The van der Waals surface area contributed by atoms with E-state index in [2.05, 4.69) is 42.4 Å². The van der Waals surface area contributed by atoms with Crippen LogP contribution in [-0.4, -0.2) is 19.2 Å². The van der Waals surface area contributed by atoms with Crippen molar-refractivity contribution in [2.45, 2.75) is 6.61 Å². The standard InChI is InChI=1S/C22H17Br2ClN2O3/c1-29-20-11-14(12-26-27-22(28)15-6-8-17(23)9-7-15)10-18(24)21(20)30-13-16-4-2-3-5-19(16)25/h2-12H,13H2,1H3,(H,27,28). The second-order valence-corrected chi connectivity index (χ2v) is 8.30. The molecule has 0 spiro atoms. The van der Waals surface area contributed by atoms with Gasteiger partial charge in [0.25, 0.3) is 5.91 Å². The largest absolute Gasteiger partial charge is 0.493 e. The van der Waals surface area contributed by atoms with Crippen molar-refractivity contribution in [3.8, 4) is 11.5 Å². The topological polar surface area (TPSA) is 59.9 Å². The number of hydrazone groups is 1. The van der Waals surface area contributed by atoms with E-state index in [1.165, 1.54) is 6.21 Å². The summed E-state index contributed by atoms with van der Waals surface area (Å²) < 4.78 is 13.0. The fraction of sp³-hybridized carbons (Fsp3) is 0.0909. The molecule has 30 heavy (non-hydrogen) atoms. The van der Waals surface area contributed by atoms with Crippen LogP contribution in [0.4, 0.5) is 0 Å². The Morgan fingerprint density at radius 1 is 1.13 bits per heavy atom. The van der Waals surface area contributed by atoms with Crippen molar-refractivity contribution in [2.75, 3.05) is 7.11 Å². The van der Waals surface area contributed by atoms with Crippen molar-refractivity contribution in [3.05, 3.63) is 91.3 Å². The lowest BCUT2D eigenvalue weighted by Gasteiger charge is -2.14. The maximum atomic E-state index is 12.1. The monoisotopic (exact) mass is 550 g/mol. The zero-order valence-electron chi connectivity index (χ0n) is 15.9. The molecule has 0 atom stereocenters. The van der Waals surface area contributed by atoms with Crippen LogP contribution in [-0.2, 0) is 6.61 Å². The number of ether oxygens (including phenoxy) is 2. The van der Waals surface area contributed by atoms with Crippen LogP contribution in [0.15, 0.2) is 74.7 Å². The third-order valence-corrected chi connectivity index (χ3v) is 5.55. The molecule has 0 aliphatic carbocycles. The average molecular weight is 553 g/mol. The van der Waals surface area contributed by atoms with E-state index >= 15 is 0 Å². The van der Waals surface area contributed by atoms with Gasteiger partial charge in [-0.25, -0.2) is 5.43 Å². The first-order valence-electron chi connectivity index (χ1n) is 8.80. The van der Waals surface area contributed by atoms with Gasteiger partial charge < -0.3 is 9.47 Å². The summed E-state index contributed by atoms with van der Waals surface area (Å²) in [7, 11) is 1.56. The maximum absolute atomic E-state index is 12.1. The minimum atomic E-state index is -0.301. The zero-order chi connectivity index (χ0) is 21.5. The summed E-state index contributed by atoms with van der Waals surface area (Å²) in [6.07, 6.45) is 1.53. The van der Waals surface area contributed by atoms with Crippen LogP contribution in [0.1, 0.15) is 21.5 Å². The van der Waals surface area contributed by atoms with Crippen LogP contribution in [0.25, 0.3) is 0 Å². The van der Waals surface area contributed by atoms with Gasteiger partial charge in [-0.2, -0.15) is 5.10 Å². The number of hydrogen-bond donors (Lipinski definition) is 1. The molecule has 0 fully saturated rings. The number of methoxy groups -OCH3 is 1. The van der Waals surface area contributed by atoms with Crippen molar-refractivity contribution in [2.24, 2.45) is 5.10 Å². The van der Waals surface area contributed by atoms with Crippen LogP contribution < -0.4 is 14.9 Å². The Bertz CT molecular complexity index is 1070. The maximum Gasteiger partial charge on any atom is 0.271 e. The summed E-state index contributed by atoms with van der Waals surface area (Å²) in [5, 5.41) is 4.66. The number of hydrogen-bond acceptors (Lipinski definition) is 4. The molecule has 3 rings (SSSR count). The van der Waals surface area contributed by atoms with Gasteiger partial charge in [-0.05, 0) is 64.0 Å². The second-order valence-electron chi connectivity index (χ2n) is 6.12. The Morgan fingerprint density at radius 2 is 1.87 bits per heavy atom. The fourth-order valence-electron chi connectivity index (χ4n) is 2.55. The number of carbonyl (C=O) groups is 1. The molecule has 0 saturated carbocycles. The van der Waals surface area contributed by atoms with E-state index in [4.69, 9.17) is 21.1 Å². The number of carbonyl (C=O) groups excluding carboxylic acids is 1. The minimum absolute atomic E-state index is 0.297. The van der Waals surface area contributed by atoms with E-state index in [0.29, 0.717) is 33.2 Å². The fourth-order valence-corrected chi connectivity index (χ4v) is 3.58. The molecule has 3 aromatic rings. The van der Waals surface area contributed by atoms with Gasteiger partial charge in [0.15, 0.2) is 11.5 Å². The molecular weight excluding hydrogens is 536 g/mol. The molecule has 0 saturated heterocycles. The Morgan fingerprint density at radius 3 is 2.57 bits per heavy atom. The number of halogens is 3. The number of nitrogens with one attached hydrogen (secondary N) is 1. The first-order valence-corrected chi connectivity index (χ1v) is 10.8. The smallest absolute Gasteiger partial charge is 0.271 e. The number of rotatable bonds is 7. The SMILES string of the molecule is COc1cc(C=NNC(=O)c2ccc(Br)cc2)cc(Br)c1OCc1ccccc1Cl. The van der Waals surface area contributed by atoms with Crippen LogP contribution in [0, 0.1) is 0 Å². The van der Waals surface area contributed by atoms with Crippen molar-refractivity contribution < 1.29 is 14.3 Å². The van der Waals surface area contributed by atoms with E-state index in [1.54, 1.807) is 37.4 Å². The molecule has 0 unspecified atom stereocenters. The van der Waals surface area contributed by atoms with E-state index < -0.39 is 0 Å². The molecular formula is C22H17Br2ClN2O3. The first kappa shape index (κ1) is 22.3. The molecule has 0 aliphatic heterocycles. The van der Waals surface area contributed by atoms with Crippen LogP contribution >= 0.6 is 43.5 Å². The number of amides is 1. The Hall–Kier alpha value is -2.35. The van der Waals surface area contributed by atoms with Gasteiger partial charge in [0.1, 0.15) is 6.61 Å². The Kier molecular flexibility index (Phi) is 7.90. The summed E-state index contributed by atoms with van der Waals surface area (Å²) >= 11 is 13.0. The molecule has 1 amide bonds. The highest BCUT2D eigenvalue weighted by molar-refractivity contribution is 9.10. The Balaban J connectivity index is 1.70. The molecule has 8 heteroatoms. The predicted octanol–water partition coefficient (Wildman–Crippen LogP) is 6.22. The molecule has 3 aromatic carbocycles. The minimum Gasteiger partial charge on any atom is -0.493 e. The molecule has 0 bridgehead atoms. The van der Waals surface area contributed by atoms with Gasteiger partial charge in [0.2, 0.25) is 0 Å². The van der Waals surface area contributed by atoms with E-state index in [9.17, 15) is 4.79 Å². The highest BCUT2D eigenvalue weighted by Crippen LogP contribution is 2.37. The van der Waals surface area contributed by atoms with Crippen LogP contribution in [0.5, 0.6) is 11.5 Å². The van der Waals surface area contributed by atoms with Gasteiger partial charge in [-0.15, -0.1) is 0 Å². The molecule has 0 aliphatic rings. The van der Waals surface area contributed by atoms with E-state index in [-0.39, 0.29) is 5.91 Å². The molecule has 1 N–H and O–H groups in total. The normalized spacial score (nSPS) is 10.8. The van der Waals surface area contributed by atoms with Crippen LogP contribution in [0.3, 0.4) is 0 Å². The highest BCUT2D eigenvalue weighted by atomic mass is 79.9. The average Bonchev–Trinajstić information content (AvgIpc) is 2.74. The molecule has 154 valence electrons. The molecule has 0 radical (unpaired) electrons. The molecule has 0 heterocycles. The molecule has 5 nitrogen and oxygen atoms in total. The summed E-state index contributed by atoms with van der Waals surface area (Å²) in [4.78, 5) is 12.1. The summed E-state index contributed by atoms with van der Waals surface area (Å²) in [6.45, 7) is 0.297. The number of nitrogens with zero attached hydrogens (tertiary/aromatic N) is 1. The lowest BCUT2D eigenvalue weighted by molar-refractivity contribution is 0.0955. The third-order valence-electron chi connectivity index (χ3n) is 4.07. The van der Waals surface area contributed by atoms with Gasteiger partial charge in [-0.1, -0.05) is 45.7 Å². The van der Waals surface area contributed by atoms with Gasteiger partial charge in [0, 0.05) is 20.6 Å². The van der Waals surface area contributed by atoms with E-state index in [1.807, 2.05) is 30.3 Å². The first-order chi connectivity index (χ1) is 14.5. The van der Waals surface area contributed by atoms with Crippen molar-refractivity contribution in [1.29, 1.82) is 0 Å². The Labute approximate surface area is 196 Å². The van der Waals surface area contributed by atoms with Gasteiger partial charge in [-0.3, -0.25) is 4.79 Å². The quantitative estimate of drug-likeness (QED) is 0.280. The molecule has 0 aromatic heterocycles.